The molecule has 2 aromatic rings. The Morgan fingerprint density at radius 2 is 2.20 bits per heavy atom. The van der Waals surface area contributed by atoms with Gasteiger partial charge in [-0.2, -0.15) is 0 Å². The second-order valence-corrected chi connectivity index (χ2v) is 4.33. The van der Waals surface area contributed by atoms with Crippen molar-refractivity contribution in [3.05, 3.63) is 35.5 Å². The largest absolute Gasteiger partial charge is 0.461 e. The maximum absolute atomic E-state index is 11.9. The minimum Gasteiger partial charge on any atom is -0.461 e. The molecule has 6 nitrogen and oxygen atoms in total. The number of pyridine rings is 1. The summed E-state index contributed by atoms with van der Waals surface area (Å²) in [5.74, 6) is 0.520. The third-order valence-corrected chi connectivity index (χ3v) is 2.91. The minimum atomic E-state index is -0.496. The Morgan fingerprint density at radius 3 is 2.80 bits per heavy atom. The van der Waals surface area contributed by atoms with Crippen molar-refractivity contribution in [2.45, 2.75) is 27.2 Å². The van der Waals surface area contributed by atoms with Gasteiger partial charge in [0.1, 0.15) is 11.6 Å². The lowest BCUT2D eigenvalue weighted by atomic mass is 10.3. The Hall–Kier alpha value is -2.37. The Morgan fingerprint density at radius 1 is 1.45 bits per heavy atom. The molecule has 0 amide bonds. The molecule has 0 aliphatic carbocycles. The fourth-order valence-corrected chi connectivity index (χ4v) is 2.03. The van der Waals surface area contributed by atoms with Crippen LogP contribution >= 0.6 is 0 Å². The van der Waals surface area contributed by atoms with Gasteiger partial charge in [0.05, 0.1) is 12.3 Å². The summed E-state index contributed by atoms with van der Waals surface area (Å²) in [7, 11) is 0. The van der Waals surface area contributed by atoms with Gasteiger partial charge in [-0.15, -0.1) is 0 Å². The second kappa shape index (κ2) is 5.73. The first kappa shape index (κ1) is 14.0. The summed E-state index contributed by atoms with van der Waals surface area (Å²) in [4.78, 5) is 20.3. The molecule has 0 aliphatic heterocycles. The molecule has 0 saturated heterocycles. The van der Waals surface area contributed by atoms with E-state index >= 15 is 0 Å². The minimum absolute atomic E-state index is 0.165. The highest BCUT2D eigenvalue weighted by Gasteiger charge is 2.21. The smallest absolute Gasteiger partial charge is 0.360 e. The van der Waals surface area contributed by atoms with Gasteiger partial charge in [-0.05, 0) is 26.0 Å². The number of aromatic nitrogens is 3. The number of hydrogen-bond acceptors (Lipinski definition) is 5. The van der Waals surface area contributed by atoms with Crippen molar-refractivity contribution < 1.29 is 9.53 Å². The van der Waals surface area contributed by atoms with Gasteiger partial charge < -0.3 is 10.5 Å². The number of ether oxygens (including phenoxy) is 1. The number of nitrogen functional groups attached to an aromatic ring is 1. The first-order valence-electron chi connectivity index (χ1n) is 6.55. The van der Waals surface area contributed by atoms with E-state index in [9.17, 15) is 4.79 Å². The number of hydrogen-bond donors (Lipinski definition) is 1. The predicted molar refractivity (Wildman–Crippen MR) is 75.8 cm³/mol. The van der Waals surface area contributed by atoms with E-state index in [4.69, 9.17) is 10.5 Å². The second-order valence-electron chi connectivity index (χ2n) is 4.33. The summed E-state index contributed by atoms with van der Waals surface area (Å²) in [6.07, 6.45) is 2.36. The van der Waals surface area contributed by atoms with Crippen LogP contribution in [0.15, 0.2) is 18.3 Å². The number of rotatable bonds is 4. The van der Waals surface area contributed by atoms with Gasteiger partial charge in [0, 0.05) is 18.3 Å². The molecule has 0 fully saturated rings. The van der Waals surface area contributed by atoms with Gasteiger partial charge in [-0.1, -0.05) is 6.92 Å². The van der Waals surface area contributed by atoms with E-state index in [0.29, 0.717) is 18.8 Å². The number of aryl methyl sites for hydroxylation is 2. The molecule has 2 N–H and O–H groups in total. The van der Waals surface area contributed by atoms with Crippen LogP contribution in [0, 0.1) is 6.92 Å². The summed E-state index contributed by atoms with van der Waals surface area (Å²) in [5.41, 5.74) is 7.95. The Bertz CT molecular complexity index is 634. The molecule has 0 spiro atoms. The molecule has 0 radical (unpaired) electrons. The fraction of sp³-hybridized carbons (Fsp3) is 0.357. The van der Waals surface area contributed by atoms with Crippen molar-refractivity contribution >= 4 is 11.8 Å². The summed E-state index contributed by atoms with van der Waals surface area (Å²) in [6.45, 7) is 5.90. The van der Waals surface area contributed by atoms with Gasteiger partial charge in [0.2, 0.25) is 0 Å². The highest BCUT2D eigenvalue weighted by Crippen LogP contribution is 2.22. The molecule has 6 heteroatoms. The number of carbonyl (C=O) groups is 1. The van der Waals surface area contributed by atoms with E-state index in [-0.39, 0.29) is 5.69 Å². The molecule has 20 heavy (non-hydrogen) atoms. The monoisotopic (exact) mass is 274 g/mol. The molecule has 0 unspecified atom stereocenters. The quantitative estimate of drug-likeness (QED) is 0.861. The Balaban J connectivity index is 2.55. The molecule has 0 atom stereocenters. The third kappa shape index (κ3) is 2.49. The van der Waals surface area contributed by atoms with Gasteiger partial charge in [-0.25, -0.2) is 9.78 Å². The summed E-state index contributed by atoms with van der Waals surface area (Å²) < 4.78 is 6.74. The van der Waals surface area contributed by atoms with Crippen LogP contribution in [-0.4, -0.2) is 27.1 Å². The molecule has 106 valence electrons. The highest BCUT2D eigenvalue weighted by molar-refractivity contribution is 5.92. The van der Waals surface area contributed by atoms with Crippen LogP contribution in [0.25, 0.3) is 5.69 Å². The molecule has 0 aliphatic rings. The lowest BCUT2D eigenvalue weighted by Gasteiger charge is -2.09. The molecule has 2 aromatic heterocycles. The average Bonchev–Trinajstić information content (AvgIpc) is 2.76. The van der Waals surface area contributed by atoms with E-state index in [1.165, 1.54) is 0 Å². The van der Waals surface area contributed by atoms with Crippen molar-refractivity contribution in [3.8, 4) is 5.69 Å². The number of esters is 1. The normalized spacial score (nSPS) is 10.6. The van der Waals surface area contributed by atoms with Crippen LogP contribution in [0.4, 0.5) is 5.82 Å². The first-order valence-corrected chi connectivity index (χ1v) is 6.55. The summed E-state index contributed by atoms with van der Waals surface area (Å²) in [5, 5.41) is 0. The van der Waals surface area contributed by atoms with Crippen molar-refractivity contribution in [1.29, 1.82) is 0 Å². The first-order chi connectivity index (χ1) is 9.58. The third-order valence-electron chi connectivity index (χ3n) is 2.91. The SMILES string of the molecule is CCOC(=O)c1nc(CC)n(-c2ccnc(C)c2)c1N. The summed E-state index contributed by atoms with van der Waals surface area (Å²) >= 11 is 0. The number of imidazole rings is 1. The van der Waals surface area contributed by atoms with Crippen LogP contribution in [0.3, 0.4) is 0 Å². The van der Waals surface area contributed by atoms with Crippen LogP contribution in [-0.2, 0) is 11.2 Å². The average molecular weight is 274 g/mol. The molecular formula is C14H18N4O2. The lowest BCUT2D eigenvalue weighted by molar-refractivity contribution is 0.0521. The van der Waals surface area contributed by atoms with Crippen molar-refractivity contribution in [2.75, 3.05) is 12.3 Å². The lowest BCUT2D eigenvalue weighted by Crippen LogP contribution is -2.09. The topological polar surface area (TPSA) is 83.0 Å². The molecule has 0 bridgehead atoms. The predicted octanol–water partition coefficient (Wildman–Crippen LogP) is 1.90. The Kier molecular flexibility index (Phi) is 4.02. The number of nitrogens with two attached hydrogens (primary N) is 1. The molecule has 2 rings (SSSR count). The number of anilines is 1. The van der Waals surface area contributed by atoms with E-state index in [0.717, 1.165) is 17.2 Å². The number of carbonyl (C=O) groups excluding carboxylic acids is 1. The zero-order chi connectivity index (χ0) is 14.7. The van der Waals surface area contributed by atoms with Crippen molar-refractivity contribution in [3.63, 3.8) is 0 Å². The van der Waals surface area contributed by atoms with Gasteiger partial charge >= 0.3 is 5.97 Å². The molecular weight excluding hydrogens is 256 g/mol. The summed E-state index contributed by atoms with van der Waals surface area (Å²) in [6, 6.07) is 3.73. The zero-order valence-electron chi connectivity index (χ0n) is 11.9. The van der Waals surface area contributed by atoms with E-state index in [1.54, 1.807) is 17.7 Å². The van der Waals surface area contributed by atoms with Gasteiger partial charge in [-0.3, -0.25) is 9.55 Å². The fourth-order valence-electron chi connectivity index (χ4n) is 2.03. The standard InChI is InChI=1S/C14H18N4O2/c1-4-11-17-12(14(19)20-5-2)13(15)18(11)10-6-7-16-9(3)8-10/h6-8H,4-5,15H2,1-3H3. The number of nitrogens with zero attached hydrogens (tertiary/aromatic N) is 3. The van der Waals surface area contributed by atoms with Crippen LogP contribution in [0.1, 0.15) is 35.9 Å². The zero-order valence-corrected chi connectivity index (χ0v) is 11.9. The van der Waals surface area contributed by atoms with Crippen LogP contribution < -0.4 is 5.73 Å². The van der Waals surface area contributed by atoms with Crippen molar-refractivity contribution in [1.82, 2.24) is 14.5 Å². The van der Waals surface area contributed by atoms with E-state index in [2.05, 4.69) is 9.97 Å². The van der Waals surface area contributed by atoms with Crippen molar-refractivity contribution in [2.24, 2.45) is 0 Å². The highest BCUT2D eigenvalue weighted by atomic mass is 16.5. The van der Waals surface area contributed by atoms with Gasteiger partial charge in [0.25, 0.3) is 0 Å². The van der Waals surface area contributed by atoms with Gasteiger partial charge in [0.15, 0.2) is 5.69 Å². The molecule has 2 heterocycles. The molecule has 0 aromatic carbocycles. The Labute approximate surface area is 117 Å². The van der Waals surface area contributed by atoms with Crippen LogP contribution in [0.5, 0.6) is 0 Å². The molecule has 0 saturated carbocycles. The van der Waals surface area contributed by atoms with Crippen LogP contribution in [0.2, 0.25) is 0 Å². The maximum Gasteiger partial charge on any atom is 0.360 e. The van der Waals surface area contributed by atoms with E-state index < -0.39 is 5.97 Å². The maximum atomic E-state index is 11.9. The van der Waals surface area contributed by atoms with E-state index in [1.807, 2.05) is 26.0 Å².